The summed E-state index contributed by atoms with van der Waals surface area (Å²) in [5.41, 5.74) is 1.02. The van der Waals surface area contributed by atoms with E-state index in [0.29, 0.717) is 58.1 Å². The number of thioether (sulfide) groups is 1. The highest BCUT2D eigenvalue weighted by molar-refractivity contribution is 7.98. The molecule has 0 bridgehead atoms. The second kappa shape index (κ2) is 8.94. The minimum atomic E-state index is 0.297. The van der Waals surface area contributed by atoms with E-state index in [-0.39, 0.29) is 0 Å². The summed E-state index contributed by atoms with van der Waals surface area (Å²) in [5, 5.41) is 8.97. The summed E-state index contributed by atoms with van der Waals surface area (Å²) >= 11 is 13.7. The van der Waals surface area contributed by atoms with Crippen LogP contribution >= 0.6 is 35.0 Å². The number of ether oxygens (including phenoxy) is 3. The molecule has 4 rings (SSSR count). The van der Waals surface area contributed by atoms with Gasteiger partial charge in [-0.3, -0.25) is 5.10 Å². The van der Waals surface area contributed by atoms with E-state index in [0.717, 1.165) is 17.7 Å². The largest absolute Gasteiger partial charge is 0.489 e. The lowest BCUT2D eigenvalue weighted by atomic mass is 10.2. The number of hydrogen-bond donors (Lipinski definition) is 1. The highest BCUT2D eigenvalue weighted by Crippen LogP contribution is 2.39. The number of nitrogens with one attached hydrogen (secondary N) is 1. The van der Waals surface area contributed by atoms with Crippen molar-refractivity contribution in [3.8, 4) is 17.2 Å². The van der Waals surface area contributed by atoms with Crippen LogP contribution in [0.15, 0.2) is 41.6 Å². The number of aromatic amines is 1. The van der Waals surface area contributed by atoms with Gasteiger partial charge >= 0.3 is 0 Å². The van der Waals surface area contributed by atoms with Crippen molar-refractivity contribution in [3.05, 3.63) is 57.8 Å². The van der Waals surface area contributed by atoms with Gasteiger partial charge < -0.3 is 14.2 Å². The summed E-state index contributed by atoms with van der Waals surface area (Å²) in [7, 11) is 0. The van der Waals surface area contributed by atoms with Crippen LogP contribution in [-0.4, -0.2) is 28.4 Å². The maximum atomic E-state index is 6.34. The highest BCUT2D eigenvalue weighted by Gasteiger charge is 2.16. The molecule has 0 saturated carbocycles. The maximum absolute atomic E-state index is 6.34. The lowest BCUT2D eigenvalue weighted by Gasteiger charge is -2.11. The molecule has 0 unspecified atom stereocenters. The van der Waals surface area contributed by atoms with Gasteiger partial charge in [0, 0.05) is 17.2 Å². The fourth-order valence-electron chi connectivity index (χ4n) is 2.60. The van der Waals surface area contributed by atoms with Gasteiger partial charge in [-0.25, -0.2) is 4.98 Å². The summed E-state index contributed by atoms with van der Waals surface area (Å²) < 4.78 is 17.0. The van der Waals surface area contributed by atoms with E-state index < -0.39 is 0 Å². The summed E-state index contributed by atoms with van der Waals surface area (Å²) in [5.74, 6) is 3.33. The molecule has 0 amide bonds. The Hall–Kier alpha value is -2.09. The first-order valence-corrected chi connectivity index (χ1v) is 10.4. The number of benzene rings is 2. The molecule has 0 fully saturated rings. The molecule has 0 spiro atoms. The molecular weight excluding hydrogens is 421 g/mol. The van der Waals surface area contributed by atoms with Crippen LogP contribution in [0.3, 0.4) is 0 Å². The van der Waals surface area contributed by atoms with Gasteiger partial charge in [0.15, 0.2) is 17.3 Å². The Balaban J connectivity index is 1.35. The summed E-state index contributed by atoms with van der Waals surface area (Å²) in [4.78, 5) is 4.44. The van der Waals surface area contributed by atoms with Crippen LogP contribution in [0.4, 0.5) is 0 Å². The van der Waals surface area contributed by atoms with Crippen molar-refractivity contribution in [2.24, 2.45) is 0 Å². The molecule has 9 heteroatoms. The Morgan fingerprint density at radius 3 is 2.79 bits per heavy atom. The Bertz CT molecular complexity index is 950. The van der Waals surface area contributed by atoms with E-state index in [9.17, 15) is 0 Å². The maximum Gasteiger partial charge on any atom is 0.208 e. The van der Waals surface area contributed by atoms with Crippen molar-refractivity contribution in [3.63, 3.8) is 0 Å². The lowest BCUT2D eigenvalue weighted by Crippen LogP contribution is -1.97. The molecule has 1 aliphatic rings. The predicted molar refractivity (Wildman–Crippen MR) is 109 cm³/mol. The first-order chi connectivity index (χ1) is 13.7. The van der Waals surface area contributed by atoms with E-state index in [1.807, 2.05) is 24.3 Å². The summed E-state index contributed by atoms with van der Waals surface area (Å²) in [6.45, 7) is 1.53. The quantitative estimate of drug-likeness (QED) is 0.538. The molecule has 1 aliphatic heterocycles. The number of fused-ring (bicyclic) bond motifs is 1. The summed E-state index contributed by atoms with van der Waals surface area (Å²) in [6, 6.07) is 11.0. The molecular formula is C19H17Cl2N3O3S. The minimum Gasteiger partial charge on any atom is -0.489 e. The topological polar surface area (TPSA) is 69.3 Å². The van der Waals surface area contributed by atoms with Crippen LogP contribution in [0.1, 0.15) is 17.8 Å². The van der Waals surface area contributed by atoms with Crippen LogP contribution in [0.25, 0.3) is 0 Å². The van der Waals surface area contributed by atoms with Crippen LogP contribution in [-0.2, 0) is 12.4 Å². The van der Waals surface area contributed by atoms with Crippen LogP contribution in [0.5, 0.6) is 17.2 Å². The molecule has 0 aliphatic carbocycles. The highest BCUT2D eigenvalue weighted by atomic mass is 35.5. The molecule has 2 heterocycles. The molecule has 1 N–H and O–H groups in total. The first kappa shape index (κ1) is 19.2. The molecule has 1 aromatic heterocycles. The lowest BCUT2D eigenvalue weighted by molar-refractivity contribution is 0.296. The zero-order chi connectivity index (χ0) is 19.3. The van der Waals surface area contributed by atoms with Crippen LogP contribution in [0.2, 0.25) is 10.0 Å². The first-order valence-electron chi connectivity index (χ1n) is 8.68. The fraction of sp³-hybridized carbons (Fsp3) is 0.263. The zero-order valence-electron chi connectivity index (χ0n) is 14.8. The molecule has 146 valence electrons. The standard InChI is InChI=1S/C19H17Cl2N3O3S/c20-13-2-4-14(5-3-13)27-10-17-22-19(24-23-17)28-11-12-8-15(21)18-16(9-12)25-6-1-7-26-18/h2-5,8-9H,1,6-7,10-11H2,(H,22,23,24). The van der Waals surface area contributed by atoms with E-state index in [2.05, 4.69) is 15.2 Å². The number of H-pyrrole nitrogens is 1. The van der Waals surface area contributed by atoms with Gasteiger partial charge in [-0.2, -0.15) is 0 Å². The number of aromatic nitrogens is 3. The van der Waals surface area contributed by atoms with E-state index in [4.69, 9.17) is 37.4 Å². The van der Waals surface area contributed by atoms with Crippen molar-refractivity contribution >= 4 is 35.0 Å². The third-order valence-corrected chi connectivity index (χ3v) is 5.38. The Morgan fingerprint density at radius 1 is 1.11 bits per heavy atom. The van der Waals surface area contributed by atoms with Gasteiger partial charge in [-0.15, -0.1) is 5.10 Å². The third kappa shape index (κ3) is 4.84. The van der Waals surface area contributed by atoms with Gasteiger partial charge in [0.2, 0.25) is 5.16 Å². The number of halogens is 2. The molecule has 28 heavy (non-hydrogen) atoms. The molecule has 0 atom stereocenters. The van der Waals surface area contributed by atoms with Crippen LogP contribution in [0, 0.1) is 0 Å². The SMILES string of the molecule is Clc1ccc(OCc2nc(SCc3cc(Cl)c4c(c3)OCCCO4)n[nH]2)cc1. The van der Waals surface area contributed by atoms with E-state index in [1.165, 1.54) is 11.8 Å². The predicted octanol–water partition coefficient (Wildman–Crippen LogP) is 5.14. The Morgan fingerprint density at radius 2 is 1.93 bits per heavy atom. The second-order valence-corrected chi connectivity index (χ2v) is 7.84. The van der Waals surface area contributed by atoms with Crippen molar-refractivity contribution in [2.75, 3.05) is 13.2 Å². The van der Waals surface area contributed by atoms with E-state index in [1.54, 1.807) is 12.1 Å². The van der Waals surface area contributed by atoms with Gasteiger partial charge in [-0.1, -0.05) is 35.0 Å². The summed E-state index contributed by atoms with van der Waals surface area (Å²) in [6.07, 6.45) is 0.840. The zero-order valence-corrected chi connectivity index (χ0v) is 17.1. The average molecular weight is 438 g/mol. The monoisotopic (exact) mass is 437 g/mol. The van der Waals surface area contributed by atoms with Gasteiger partial charge in [0.05, 0.1) is 18.2 Å². The van der Waals surface area contributed by atoms with Crippen molar-refractivity contribution < 1.29 is 14.2 Å². The normalized spacial score (nSPS) is 13.2. The number of hydrogen-bond acceptors (Lipinski definition) is 6. The molecule has 0 saturated heterocycles. The van der Waals surface area contributed by atoms with Crippen molar-refractivity contribution in [1.29, 1.82) is 0 Å². The Labute approximate surface area is 176 Å². The average Bonchev–Trinajstić information content (AvgIpc) is 3.01. The molecule has 0 radical (unpaired) electrons. The molecule has 6 nitrogen and oxygen atoms in total. The number of rotatable bonds is 6. The van der Waals surface area contributed by atoms with Gasteiger partial charge in [0.25, 0.3) is 0 Å². The fourth-order valence-corrected chi connectivity index (χ4v) is 3.77. The van der Waals surface area contributed by atoms with Crippen molar-refractivity contribution in [2.45, 2.75) is 23.9 Å². The second-order valence-electron chi connectivity index (χ2n) is 6.05. The van der Waals surface area contributed by atoms with Gasteiger partial charge in [-0.05, 0) is 42.0 Å². The van der Waals surface area contributed by atoms with E-state index >= 15 is 0 Å². The molecule has 2 aromatic carbocycles. The minimum absolute atomic E-state index is 0.297. The van der Waals surface area contributed by atoms with Gasteiger partial charge in [0.1, 0.15) is 12.4 Å². The molecule has 3 aromatic rings. The Kier molecular flexibility index (Phi) is 6.14. The smallest absolute Gasteiger partial charge is 0.208 e. The third-order valence-electron chi connectivity index (χ3n) is 3.93. The van der Waals surface area contributed by atoms with Crippen LogP contribution < -0.4 is 14.2 Å². The number of nitrogens with zero attached hydrogens (tertiary/aromatic N) is 2. The van der Waals surface area contributed by atoms with Crippen molar-refractivity contribution in [1.82, 2.24) is 15.2 Å².